The molecule has 29 heavy (non-hydrogen) atoms. The van der Waals surface area contributed by atoms with Gasteiger partial charge in [0, 0.05) is 35.1 Å². The second-order valence-electron chi connectivity index (χ2n) is 6.87. The molecule has 0 aliphatic carbocycles. The van der Waals surface area contributed by atoms with E-state index in [0.29, 0.717) is 11.4 Å². The molecule has 4 aromatic rings. The third-order valence-electron chi connectivity index (χ3n) is 4.50. The summed E-state index contributed by atoms with van der Waals surface area (Å²) in [6.07, 6.45) is 3.53. The van der Waals surface area contributed by atoms with E-state index in [4.69, 9.17) is 28.9 Å². The van der Waals surface area contributed by atoms with Gasteiger partial charge in [0.2, 0.25) is 4.77 Å². The van der Waals surface area contributed by atoms with Gasteiger partial charge in [-0.25, -0.2) is 4.68 Å². The lowest BCUT2D eigenvalue weighted by Gasteiger charge is -2.15. The minimum absolute atomic E-state index is 0.575. The van der Waals surface area contributed by atoms with Crippen molar-refractivity contribution in [3.05, 3.63) is 80.5 Å². The molecular formula is C21H20ClN5S2. The zero-order chi connectivity index (χ0) is 20.4. The summed E-state index contributed by atoms with van der Waals surface area (Å²) in [7, 11) is 2.05. The maximum absolute atomic E-state index is 6.06. The number of halogens is 1. The van der Waals surface area contributed by atoms with E-state index in [1.165, 1.54) is 10.4 Å². The second kappa shape index (κ2) is 8.59. The molecule has 0 saturated heterocycles. The van der Waals surface area contributed by atoms with E-state index < -0.39 is 0 Å². The van der Waals surface area contributed by atoms with Gasteiger partial charge in [-0.3, -0.25) is 14.5 Å². The summed E-state index contributed by atoms with van der Waals surface area (Å²) in [5, 5.41) is 4.85. The van der Waals surface area contributed by atoms with Gasteiger partial charge in [0.1, 0.15) is 0 Å². The SMILES string of the molecule is Cc1ccc(-n2c(-c3ccncc3)nn(CN(C)Cc3ccc(Cl)s3)c2=S)cc1. The molecule has 0 fully saturated rings. The Hall–Kier alpha value is -2.32. The minimum atomic E-state index is 0.575. The van der Waals surface area contributed by atoms with Crippen LogP contribution in [-0.2, 0) is 13.2 Å². The standard InChI is InChI=1S/C21H20ClN5S2/c1-15-3-5-17(6-4-15)27-20(16-9-11-23-12-10-16)24-26(21(27)28)14-25(2)13-18-7-8-19(22)29-18/h3-12H,13-14H2,1-2H3. The molecular weight excluding hydrogens is 422 g/mol. The number of pyridine rings is 1. The van der Waals surface area contributed by atoms with Crippen molar-refractivity contribution in [3.63, 3.8) is 0 Å². The normalized spacial score (nSPS) is 11.3. The van der Waals surface area contributed by atoms with E-state index in [1.807, 2.05) is 34.5 Å². The van der Waals surface area contributed by atoms with E-state index in [1.54, 1.807) is 23.7 Å². The molecule has 0 atom stereocenters. The van der Waals surface area contributed by atoms with Gasteiger partial charge in [0.25, 0.3) is 0 Å². The molecule has 4 rings (SSSR count). The lowest BCUT2D eigenvalue weighted by Crippen LogP contribution is -2.22. The van der Waals surface area contributed by atoms with Crippen LogP contribution in [0.15, 0.2) is 60.9 Å². The van der Waals surface area contributed by atoms with Crippen LogP contribution in [-0.4, -0.2) is 31.3 Å². The molecule has 0 unspecified atom stereocenters. The number of hydrogen-bond donors (Lipinski definition) is 0. The van der Waals surface area contributed by atoms with E-state index in [9.17, 15) is 0 Å². The zero-order valence-corrected chi connectivity index (χ0v) is 18.5. The van der Waals surface area contributed by atoms with Gasteiger partial charge in [-0.1, -0.05) is 29.3 Å². The minimum Gasteiger partial charge on any atom is -0.282 e. The summed E-state index contributed by atoms with van der Waals surface area (Å²) in [4.78, 5) is 7.50. The van der Waals surface area contributed by atoms with Gasteiger partial charge in [0.05, 0.1) is 11.0 Å². The van der Waals surface area contributed by atoms with Crippen molar-refractivity contribution >= 4 is 35.2 Å². The van der Waals surface area contributed by atoms with Gasteiger partial charge in [0.15, 0.2) is 5.82 Å². The highest BCUT2D eigenvalue weighted by molar-refractivity contribution is 7.71. The summed E-state index contributed by atoms with van der Waals surface area (Å²) in [5.41, 5.74) is 3.16. The molecule has 0 aliphatic rings. The zero-order valence-electron chi connectivity index (χ0n) is 16.1. The molecule has 0 bridgehead atoms. The quantitative estimate of drug-likeness (QED) is 0.366. The summed E-state index contributed by atoms with van der Waals surface area (Å²) in [5.74, 6) is 0.800. The molecule has 0 N–H and O–H groups in total. The molecule has 148 valence electrons. The van der Waals surface area contributed by atoms with Gasteiger partial charge in [-0.05, 0) is 62.6 Å². The predicted octanol–water partition coefficient (Wildman–Crippen LogP) is 5.58. The fourth-order valence-corrected chi connectivity index (χ4v) is 4.55. The van der Waals surface area contributed by atoms with E-state index >= 15 is 0 Å². The Morgan fingerprint density at radius 2 is 1.79 bits per heavy atom. The fraction of sp³-hybridized carbons (Fsp3) is 0.190. The second-order valence-corrected chi connectivity index (χ2v) is 9.04. The average molecular weight is 442 g/mol. The summed E-state index contributed by atoms with van der Waals surface area (Å²) in [6.45, 7) is 3.43. The van der Waals surface area contributed by atoms with E-state index in [0.717, 1.165) is 28.0 Å². The topological polar surface area (TPSA) is 38.9 Å². The third-order valence-corrected chi connectivity index (χ3v) is 6.11. The van der Waals surface area contributed by atoms with Gasteiger partial charge in [-0.2, -0.15) is 0 Å². The van der Waals surface area contributed by atoms with Crippen LogP contribution in [0, 0.1) is 11.7 Å². The third kappa shape index (κ3) is 4.48. The first-order chi connectivity index (χ1) is 14.0. The molecule has 1 aromatic carbocycles. The molecule has 3 heterocycles. The number of benzene rings is 1. The van der Waals surface area contributed by atoms with Crippen LogP contribution in [0.1, 0.15) is 10.4 Å². The highest BCUT2D eigenvalue weighted by Gasteiger charge is 2.16. The van der Waals surface area contributed by atoms with Crippen molar-refractivity contribution < 1.29 is 0 Å². The first kappa shape index (κ1) is 20.0. The van der Waals surface area contributed by atoms with Gasteiger partial charge >= 0.3 is 0 Å². The molecule has 3 aromatic heterocycles. The van der Waals surface area contributed by atoms with E-state index in [-0.39, 0.29) is 0 Å². The highest BCUT2D eigenvalue weighted by Crippen LogP contribution is 2.24. The Labute approximate surface area is 183 Å². The lowest BCUT2D eigenvalue weighted by atomic mass is 10.2. The number of thiophene rings is 1. The van der Waals surface area contributed by atoms with Crippen LogP contribution in [0.4, 0.5) is 0 Å². The lowest BCUT2D eigenvalue weighted by molar-refractivity contribution is 0.246. The monoisotopic (exact) mass is 441 g/mol. The number of aromatic nitrogens is 4. The Bertz CT molecular complexity index is 1160. The Kier molecular flexibility index (Phi) is 5.91. The maximum atomic E-state index is 6.06. The van der Waals surface area contributed by atoms with Crippen LogP contribution in [0.3, 0.4) is 0 Å². The van der Waals surface area contributed by atoms with E-state index in [2.05, 4.69) is 47.1 Å². The van der Waals surface area contributed by atoms with Crippen molar-refractivity contribution in [2.45, 2.75) is 20.1 Å². The van der Waals surface area contributed by atoms with Crippen molar-refractivity contribution in [2.75, 3.05) is 7.05 Å². The fourth-order valence-electron chi connectivity index (χ4n) is 3.10. The Morgan fingerprint density at radius 1 is 1.07 bits per heavy atom. The summed E-state index contributed by atoms with van der Waals surface area (Å²) in [6, 6.07) is 16.2. The van der Waals surface area contributed by atoms with Crippen molar-refractivity contribution in [3.8, 4) is 17.1 Å². The van der Waals surface area contributed by atoms with Crippen LogP contribution in [0.2, 0.25) is 4.34 Å². The van der Waals surface area contributed by atoms with Gasteiger partial charge < -0.3 is 0 Å². The van der Waals surface area contributed by atoms with Gasteiger partial charge in [-0.15, -0.1) is 16.4 Å². The number of rotatable bonds is 6. The molecule has 5 nitrogen and oxygen atoms in total. The molecule has 0 spiro atoms. The smallest absolute Gasteiger partial charge is 0.204 e. The first-order valence-corrected chi connectivity index (χ1v) is 10.7. The highest BCUT2D eigenvalue weighted by atomic mass is 35.5. The van der Waals surface area contributed by atoms with Crippen molar-refractivity contribution in [2.24, 2.45) is 0 Å². The summed E-state index contributed by atoms with van der Waals surface area (Å²) >= 11 is 13.5. The largest absolute Gasteiger partial charge is 0.282 e. The summed E-state index contributed by atoms with van der Waals surface area (Å²) < 4.78 is 5.32. The molecule has 0 radical (unpaired) electrons. The maximum Gasteiger partial charge on any atom is 0.204 e. The van der Waals surface area contributed by atoms with Crippen LogP contribution in [0.5, 0.6) is 0 Å². The van der Waals surface area contributed by atoms with Crippen LogP contribution < -0.4 is 0 Å². The molecule has 0 aliphatic heterocycles. The Balaban J connectivity index is 1.71. The molecule has 0 amide bonds. The average Bonchev–Trinajstić information content (AvgIpc) is 3.26. The van der Waals surface area contributed by atoms with Crippen molar-refractivity contribution in [1.29, 1.82) is 0 Å². The molecule has 8 heteroatoms. The first-order valence-electron chi connectivity index (χ1n) is 9.11. The number of nitrogens with zero attached hydrogens (tertiary/aromatic N) is 5. The number of hydrogen-bond acceptors (Lipinski definition) is 5. The molecule has 0 saturated carbocycles. The van der Waals surface area contributed by atoms with Crippen LogP contribution >= 0.6 is 35.2 Å². The Morgan fingerprint density at radius 3 is 2.45 bits per heavy atom. The number of aryl methyl sites for hydroxylation is 1. The predicted molar refractivity (Wildman–Crippen MR) is 121 cm³/mol. The van der Waals surface area contributed by atoms with Crippen molar-refractivity contribution in [1.82, 2.24) is 24.2 Å². The van der Waals surface area contributed by atoms with Crippen LogP contribution in [0.25, 0.3) is 17.1 Å².